The lowest BCUT2D eigenvalue weighted by Gasteiger charge is -2.21. The lowest BCUT2D eigenvalue weighted by atomic mass is 10.2. The first kappa shape index (κ1) is 10.4. The fourth-order valence-electron chi connectivity index (χ4n) is 1.20. The van der Waals surface area contributed by atoms with Gasteiger partial charge in [-0.3, -0.25) is 14.3 Å². The zero-order valence-electron chi connectivity index (χ0n) is 8.25. The second-order valence-electron chi connectivity index (χ2n) is 3.13. The van der Waals surface area contributed by atoms with Crippen LogP contribution in [0.3, 0.4) is 0 Å². The van der Waals surface area contributed by atoms with E-state index in [2.05, 4.69) is 5.10 Å². The number of nitrogens with zero attached hydrogens (tertiary/aromatic N) is 3. The van der Waals surface area contributed by atoms with Gasteiger partial charge in [0.15, 0.2) is 5.78 Å². The van der Waals surface area contributed by atoms with Crippen molar-refractivity contribution in [3.63, 3.8) is 0 Å². The Morgan fingerprint density at radius 1 is 1.71 bits per heavy atom. The quantitative estimate of drug-likeness (QED) is 0.618. The molecule has 1 aromatic heterocycles. The third-order valence-electron chi connectivity index (χ3n) is 2.05. The number of ketones is 1. The standard InChI is InChI=1S/C9H13N3O2/c1-8(14)9(11(2)7-13)6-12-5-3-4-10-12/h3-5,7,9H,6H2,1-2H3/t9-/m0/s1. The molecule has 0 radical (unpaired) electrons. The first-order valence-electron chi connectivity index (χ1n) is 4.30. The number of hydrogen-bond acceptors (Lipinski definition) is 3. The highest BCUT2D eigenvalue weighted by Crippen LogP contribution is 1.99. The van der Waals surface area contributed by atoms with Crippen molar-refractivity contribution in [3.8, 4) is 0 Å². The van der Waals surface area contributed by atoms with Crippen molar-refractivity contribution >= 4 is 12.2 Å². The predicted octanol–water partition coefficient (Wildman–Crippen LogP) is -0.0711. The molecule has 1 rings (SSSR count). The molecule has 76 valence electrons. The minimum absolute atomic E-state index is 0.0462. The normalized spacial score (nSPS) is 12.1. The van der Waals surface area contributed by atoms with Gasteiger partial charge < -0.3 is 4.90 Å². The van der Waals surface area contributed by atoms with E-state index in [4.69, 9.17) is 0 Å². The highest BCUT2D eigenvalue weighted by Gasteiger charge is 2.18. The van der Waals surface area contributed by atoms with Gasteiger partial charge in [-0.1, -0.05) is 0 Å². The molecule has 0 saturated carbocycles. The summed E-state index contributed by atoms with van der Waals surface area (Å²) >= 11 is 0. The second kappa shape index (κ2) is 4.55. The molecule has 0 aliphatic heterocycles. The van der Waals surface area contributed by atoms with Crippen molar-refractivity contribution in [2.45, 2.75) is 19.5 Å². The van der Waals surface area contributed by atoms with Crippen LogP contribution < -0.4 is 0 Å². The maximum absolute atomic E-state index is 11.2. The van der Waals surface area contributed by atoms with Gasteiger partial charge in [-0.2, -0.15) is 5.10 Å². The van der Waals surface area contributed by atoms with Crippen LogP contribution in [0.25, 0.3) is 0 Å². The average Bonchev–Trinajstić information content (AvgIpc) is 2.65. The summed E-state index contributed by atoms with van der Waals surface area (Å²) in [5.41, 5.74) is 0. The summed E-state index contributed by atoms with van der Waals surface area (Å²) in [4.78, 5) is 23.1. The van der Waals surface area contributed by atoms with Crippen LogP contribution in [0.1, 0.15) is 6.92 Å². The van der Waals surface area contributed by atoms with Gasteiger partial charge in [-0.25, -0.2) is 0 Å². The molecule has 1 amide bonds. The van der Waals surface area contributed by atoms with Crippen molar-refractivity contribution in [3.05, 3.63) is 18.5 Å². The van der Waals surface area contributed by atoms with Gasteiger partial charge in [0, 0.05) is 19.4 Å². The van der Waals surface area contributed by atoms with Crippen molar-refractivity contribution in [1.29, 1.82) is 0 Å². The summed E-state index contributed by atoms with van der Waals surface area (Å²) in [7, 11) is 1.59. The Hall–Kier alpha value is -1.65. The zero-order chi connectivity index (χ0) is 10.6. The maximum Gasteiger partial charge on any atom is 0.210 e. The first-order valence-corrected chi connectivity index (χ1v) is 4.30. The lowest BCUT2D eigenvalue weighted by molar-refractivity contribution is -0.129. The summed E-state index contributed by atoms with van der Waals surface area (Å²) in [6.07, 6.45) is 4.04. The highest BCUT2D eigenvalue weighted by molar-refractivity contribution is 5.83. The number of carbonyl (C=O) groups excluding carboxylic acids is 2. The van der Waals surface area contributed by atoms with Crippen molar-refractivity contribution < 1.29 is 9.59 Å². The monoisotopic (exact) mass is 195 g/mol. The Bertz CT molecular complexity index is 308. The Morgan fingerprint density at radius 3 is 2.86 bits per heavy atom. The molecule has 0 fully saturated rings. The Labute approximate surface area is 82.3 Å². The van der Waals surface area contributed by atoms with E-state index in [1.54, 1.807) is 30.2 Å². The third-order valence-corrected chi connectivity index (χ3v) is 2.05. The molecule has 0 saturated heterocycles. The molecule has 14 heavy (non-hydrogen) atoms. The number of rotatable bonds is 5. The number of likely N-dealkylation sites (N-methyl/N-ethyl adjacent to an activating group) is 1. The average molecular weight is 195 g/mol. The molecule has 5 heteroatoms. The van der Waals surface area contributed by atoms with E-state index < -0.39 is 6.04 Å². The molecule has 5 nitrogen and oxygen atoms in total. The molecule has 0 aliphatic carbocycles. The highest BCUT2D eigenvalue weighted by atomic mass is 16.1. The number of aromatic nitrogens is 2. The minimum atomic E-state index is -0.438. The molecule has 1 aromatic rings. The molecular formula is C9H13N3O2. The second-order valence-corrected chi connectivity index (χ2v) is 3.13. The molecule has 1 heterocycles. The Balaban J connectivity index is 2.70. The predicted molar refractivity (Wildman–Crippen MR) is 50.5 cm³/mol. The van der Waals surface area contributed by atoms with Gasteiger partial charge in [-0.05, 0) is 13.0 Å². The third kappa shape index (κ3) is 2.42. The van der Waals surface area contributed by atoms with E-state index in [0.717, 1.165) is 0 Å². The molecule has 0 aliphatic rings. The lowest BCUT2D eigenvalue weighted by Crippen LogP contribution is -2.39. The van der Waals surface area contributed by atoms with Crippen LogP contribution in [0.15, 0.2) is 18.5 Å². The molecule has 0 N–H and O–H groups in total. The molecule has 0 unspecified atom stereocenters. The summed E-state index contributed by atoms with van der Waals surface area (Å²) in [6, 6.07) is 1.34. The van der Waals surface area contributed by atoms with Gasteiger partial charge in [0.05, 0.1) is 6.54 Å². The summed E-state index contributed by atoms with van der Waals surface area (Å²) in [5.74, 6) is -0.0462. The first-order chi connectivity index (χ1) is 6.65. The summed E-state index contributed by atoms with van der Waals surface area (Å²) in [6.45, 7) is 1.87. The fraction of sp³-hybridized carbons (Fsp3) is 0.444. The van der Waals surface area contributed by atoms with E-state index in [-0.39, 0.29) is 5.78 Å². The van der Waals surface area contributed by atoms with Crippen LogP contribution >= 0.6 is 0 Å². The van der Waals surface area contributed by atoms with E-state index in [0.29, 0.717) is 13.0 Å². The van der Waals surface area contributed by atoms with Crippen LogP contribution in [-0.4, -0.2) is 40.0 Å². The molecule has 0 spiro atoms. The minimum Gasteiger partial charge on any atom is -0.336 e. The largest absolute Gasteiger partial charge is 0.336 e. The zero-order valence-corrected chi connectivity index (χ0v) is 8.25. The van der Waals surface area contributed by atoms with Crippen molar-refractivity contribution in [1.82, 2.24) is 14.7 Å². The van der Waals surface area contributed by atoms with Crippen molar-refractivity contribution in [2.24, 2.45) is 0 Å². The van der Waals surface area contributed by atoms with E-state index in [1.807, 2.05) is 0 Å². The van der Waals surface area contributed by atoms with Gasteiger partial charge in [0.1, 0.15) is 6.04 Å². The molecule has 1 atom stereocenters. The van der Waals surface area contributed by atoms with Crippen LogP contribution in [0.2, 0.25) is 0 Å². The van der Waals surface area contributed by atoms with Crippen LogP contribution in [0.4, 0.5) is 0 Å². The van der Waals surface area contributed by atoms with Crippen LogP contribution in [0.5, 0.6) is 0 Å². The summed E-state index contributed by atoms with van der Waals surface area (Å²) in [5, 5.41) is 3.98. The van der Waals surface area contributed by atoms with Crippen molar-refractivity contribution in [2.75, 3.05) is 7.05 Å². The number of Topliss-reactive ketones (excluding diaryl/α,β-unsaturated/α-hetero) is 1. The van der Waals surface area contributed by atoms with Gasteiger partial charge in [-0.15, -0.1) is 0 Å². The number of hydrogen-bond donors (Lipinski definition) is 0. The Kier molecular flexibility index (Phi) is 3.39. The Morgan fingerprint density at radius 2 is 2.43 bits per heavy atom. The number of amides is 1. The van der Waals surface area contributed by atoms with E-state index >= 15 is 0 Å². The molecule has 0 aromatic carbocycles. The maximum atomic E-state index is 11.2. The smallest absolute Gasteiger partial charge is 0.210 e. The van der Waals surface area contributed by atoms with Gasteiger partial charge >= 0.3 is 0 Å². The topological polar surface area (TPSA) is 55.2 Å². The van der Waals surface area contributed by atoms with Gasteiger partial charge in [0.2, 0.25) is 6.41 Å². The van der Waals surface area contributed by atoms with Crippen LogP contribution in [0, 0.1) is 0 Å². The molecular weight excluding hydrogens is 182 g/mol. The van der Waals surface area contributed by atoms with Crippen LogP contribution in [-0.2, 0) is 16.1 Å². The fourth-order valence-corrected chi connectivity index (χ4v) is 1.20. The summed E-state index contributed by atoms with van der Waals surface area (Å²) < 4.78 is 1.63. The molecule has 0 bridgehead atoms. The van der Waals surface area contributed by atoms with Gasteiger partial charge in [0.25, 0.3) is 0 Å². The SMILES string of the molecule is CC(=O)[C@H](Cn1cccn1)N(C)C=O. The van der Waals surface area contributed by atoms with E-state index in [1.165, 1.54) is 11.8 Å². The number of carbonyl (C=O) groups is 2. The van der Waals surface area contributed by atoms with E-state index in [9.17, 15) is 9.59 Å².